The molecule has 0 fully saturated rings. The van der Waals surface area contributed by atoms with Gasteiger partial charge in [0.25, 0.3) is 0 Å². The Bertz CT molecular complexity index is 348. The van der Waals surface area contributed by atoms with Crippen molar-refractivity contribution < 1.29 is 4.74 Å². The van der Waals surface area contributed by atoms with Crippen molar-refractivity contribution in [3.8, 4) is 5.75 Å². The molecule has 0 aliphatic carbocycles. The maximum Gasteiger partial charge on any atom is 0.119 e. The second kappa shape index (κ2) is 6.24. The van der Waals surface area contributed by atoms with Crippen LogP contribution in [0, 0.1) is 11.3 Å². The number of ether oxygens (including phenoxy) is 1. The minimum Gasteiger partial charge on any atom is -0.493 e. The molecule has 1 unspecified atom stereocenters. The maximum absolute atomic E-state index is 5.90. The van der Waals surface area contributed by atoms with Gasteiger partial charge in [0.1, 0.15) is 5.75 Å². The van der Waals surface area contributed by atoms with Gasteiger partial charge in [-0.25, -0.2) is 0 Å². The molecule has 0 aliphatic heterocycles. The first-order valence-electron chi connectivity index (χ1n) is 6.77. The zero-order valence-corrected chi connectivity index (χ0v) is 12.4. The van der Waals surface area contributed by atoms with Gasteiger partial charge in [-0.1, -0.05) is 46.8 Å². The van der Waals surface area contributed by atoms with Crippen molar-refractivity contribution in [3.05, 3.63) is 29.8 Å². The van der Waals surface area contributed by atoms with Crippen LogP contribution in [0.1, 0.15) is 46.1 Å². The molecule has 0 aromatic heterocycles. The minimum atomic E-state index is 0.190. The van der Waals surface area contributed by atoms with Crippen molar-refractivity contribution >= 4 is 0 Å². The van der Waals surface area contributed by atoms with Gasteiger partial charge in [0.15, 0.2) is 0 Å². The molecule has 0 spiro atoms. The van der Waals surface area contributed by atoms with Crippen molar-refractivity contribution in [2.45, 2.75) is 40.5 Å². The van der Waals surface area contributed by atoms with Gasteiger partial charge < -0.3 is 10.5 Å². The monoisotopic (exact) mass is 249 g/mol. The van der Waals surface area contributed by atoms with E-state index in [-0.39, 0.29) is 5.41 Å². The van der Waals surface area contributed by atoms with Crippen molar-refractivity contribution in [1.82, 2.24) is 0 Å². The minimum absolute atomic E-state index is 0.190. The van der Waals surface area contributed by atoms with Gasteiger partial charge in [-0.15, -0.1) is 0 Å². The molecule has 0 amide bonds. The third-order valence-electron chi connectivity index (χ3n) is 3.15. The van der Waals surface area contributed by atoms with Crippen LogP contribution in [0.3, 0.4) is 0 Å². The largest absolute Gasteiger partial charge is 0.493 e. The van der Waals surface area contributed by atoms with Crippen LogP contribution in [0.5, 0.6) is 5.75 Å². The highest BCUT2D eigenvalue weighted by Gasteiger charge is 2.24. The molecule has 2 nitrogen and oxygen atoms in total. The average molecular weight is 249 g/mol. The van der Waals surface area contributed by atoms with Crippen molar-refractivity contribution in [3.63, 3.8) is 0 Å². The third kappa shape index (κ3) is 4.34. The Morgan fingerprint density at radius 1 is 1.11 bits per heavy atom. The fourth-order valence-electron chi connectivity index (χ4n) is 2.05. The van der Waals surface area contributed by atoms with Crippen LogP contribution in [0.25, 0.3) is 0 Å². The molecular weight excluding hydrogens is 222 g/mol. The predicted octanol–water partition coefficient (Wildman–Crippen LogP) is 3.81. The standard InChI is InChI=1S/C16H27NO/c1-12(2)11-18-14-8-6-13(7-9-14)15(10-17)16(3,4)5/h6-9,12,15H,10-11,17H2,1-5H3. The molecule has 0 saturated heterocycles. The van der Waals surface area contributed by atoms with Gasteiger partial charge in [0.05, 0.1) is 6.61 Å². The molecule has 2 N–H and O–H groups in total. The van der Waals surface area contributed by atoms with E-state index in [4.69, 9.17) is 10.5 Å². The van der Waals surface area contributed by atoms with Crippen LogP contribution in [0.15, 0.2) is 24.3 Å². The van der Waals surface area contributed by atoms with Crippen LogP contribution in [0.2, 0.25) is 0 Å². The lowest BCUT2D eigenvalue weighted by Crippen LogP contribution is -2.25. The van der Waals surface area contributed by atoms with Gasteiger partial charge in [0, 0.05) is 5.92 Å². The lowest BCUT2D eigenvalue weighted by Gasteiger charge is -2.30. The predicted molar refractivity (Wildman–Crippen MR) is 78.0 cm³/mol. The number of hydrogen-bond donors (Lipinski definition) is 1. The summed E-state index contributed by atoms with van der Waals surface area (Å²) in [5.74, 6) is 1.88. The van der Waals surface area contributed by atoms with Crippen molar-refractivity contribution in [2.75, 3.05) is 13.2 Å². The van der Waals surface area contributed by atoms with Crippen LogP contribution in [-0.2, 0) is 0 Å². The van der Waals surface area contributed by atoms with E-state index in [1.165, 1.54) is 5.56 Å². The lowest BCUT2D eigenvalue weighted by atomic mass is 9.76. The van der Waals surface area contributed by atoms with Crippen molar-refractivity contribution in [2.24, 2.45) is 17.1 Å². The molecule has 1 aromatic rings. The Morgan fingerprint density at radius 3 is 2.06 bits per heavy atom. The average Bonchev–Trinajstić information content (AvgIpc) is 2.27. The summed E-state index contributed by atoms with van der Waals surface area (Å²) in [6, 6.07) is 8.37. The van der Waals surface area contributed by atoms with E-state index < -0.39 is 0 Å². The number of hydrogen-bond acceptors (Lipinski definition) is 2. The van der Waals surface area contributed by atoms with E-state index in [0.29, 0.717) is 18.4 Å². The van der Waals surface area contributed by atoms with E-state index in [2.05, 4.69) is 46.8 Å². The Hall–Kier alpha value is -1.02. The smallest absolute Gasteiger partial charge is 0.119 e. The first-order chi connectivity index (χ1) is 8.34. The molecule has 18 heavy (non-hydrogen) atoms. The van der Waals surface area contributed by atoms with Crippen LogP contribution < -0.4 is 10.5 Å². The van der Waals surface area contributed by atoms with E-state index in [1.807, 2.05) is 12.1 Å². The molecule has 0 saturated carbocycles. The fourth-order valence-corrected chi connectivity index (χ4v) is 2.05. The highest BCUT2D eigenvalue weighted by molar-refractivity contribution is 5.30. The third-order valence-corrected chi connectivity index (χ3v) is 3.15. The second-order valence-electron chi connectivity index (χ2n) is 6.43. The summed E-state index contributed by atoms with van der Waals surface area (Å²) >= 11 is 0. The van der Waals surface area contributed by atoms with Gasteiger partial charge in [-0.3, -0.25) is 0 Å². The summed E-state index contributed by atoms with van der Waals surface area (Å²) in [6.45, 7) is 12.4. The SMILES string of the molecule is CC(C)COc1ccc(C(CN)C(C)(C)C)cc1. The fraction of sp³-hybridized carbons (Fsp3) is 0.625. The van der Waals surface area contributed by atoms with E-state index >= 15 is 0 Å². The number of benzene rings is 1. The Balaban J connectivity index is 2.75. The van der Waals surface area contributed by atoms with Crippen molar-refractivity contribution in [1.29, 1.82) is 0 Å². The molecular formula is C16H27NO. The summed E-state index contributed by atoms with van der Waals surface area (Å²) in [4.78, 5) is 0. The van der Waals surface area contributed by atoms with Gasteiger partial charge >= 0.3 is 0 Å². The Labute approximate surface area is 112 Å². The van der Waals surface area contributed by atoms with Gasteiger partial charge in [-0.05, 0) is 35.6 Å². The highest BCUT2D eigenvalue weighted by Crippen LogP contribution is 2.34. The number of nitrogens with two attached hydrogens (primary N) is 1. The maximum atomic E-state index is 5.90. The zero-order valence-electron chi connectivity index (χ0n) is 12.4. The quantitative estimate of drug-likeness (QED) is 0.861. The summed E-state index contributed by atoms with van der Waals surface area (Å²) < 4.78 is 5.69. The van der Waals surface area contributed by atoms with Gasteiger partial charge in [-0.2, -0.15) is 0 Å². The lowest BCUT2D eigenvalue weighted by molar-refractivity contribution is 0.270. The summed E-state index contributed by atoms with van der Waals surface area (Å²) in [5.41, 5.74) is 7.38. The molecule has 1 rings (SSSR count). The Kier molecular flexibility index (Phi) is 5.21. The highest BCUT2D eigenvalue weighted by atomic mass is 16.5. The molecule has 0 aliphatic rings. The number of rotatable bonds is 5. The van der Waals surface area contributed by atoms with E-state index in [0.717, 1.165) is 12.4 Å². The molecule has 102 valence electrons. The summed E-state index contributed by atoms with van der Waals surface area (Å²) in [6.07, 6.45) is 0. The molecule has 0 heterocycles. The normalized spacial score (nSPS) is 13.7. The second-order valence-corrected chi connectivity index (χ2v) is 6.43. The topological polar surface area (TPSA) is 35.2 Å². The summed E-state index contributed by atoms with van der Waals surface area (Å²) in [5, 5.41) is 0. The van der Waals surface area contributed by atoms with Crippen LogP contribution in [0.4, 0.5) is 0 Å². The van der Waals surface area contributed by atoms with Crippen LogP contribution in [-0.4, -0.2) is 13.2 Å². The molecule has 2 heteroatoms. The zero-order chi connectivity index (χ0) is 13.8. The molecule has 0 radical (unpaired) electrons. The van der Waals surface area contributed by atoms with Gasteiger partial charge in [0.2, 0.25) is 0 Å². The molecule has 1 aromatic carbocycles. The summed E-state index contributed by atoms with van der Waals surface area (Å²) in [7, 11) is 0. The first-order valence-corrected chi connectivity index (χ1v) is 6.77. The first kappa shape index (κ1) is 15.0. The molecule has 1 atom stereocenters. The van der Waals surface area contributed by atoms with Crippen LogP contribution >= 0.6 is 0 Å². The van der Waals surface area contributed by atoms with E-state index in [9.17, 15) is 0 Å². The van der Waals surface area contributed by atoms with E-state index in [1.54, 1.807) is 0 Å². The molecule has 0 bridgehead atoms. The Morgan fingerprint density at radius 2 is 1.67 bits per heavy atom.